The van der Waals surface area contributed by atoms with E-state index in [1.54, 1.807) is 4.90 Å². The number of halogens is 1. The van der Waals surface area contributed by atoms with Crippen LogP contribution in [0.4, 0.5) is 11.4 Å². The Balaban J connectivity index is 2.55. The molecule has 0 bridgehead atoms. The van der Waals surface area contributed by atoms with E-state index in [1.807, 2.05) is 25.2 Å². The first kappa shape index (κ1) is 7.89. The number of nitrogens with zero attached hydrogens (tertiary/aromatic N) is 1. The van der Waals surface area contributed by atoms with Gasteiger partial charge in [0.25, 0.3) is 0 Å². The molecule has 3 nitrogen and oxygen atoms in total. The van der Waals surface area contributed by atoms with Crippen molar-refractivity contribution in [1.82, 2.24) is 0 Å². The number of para-hydroxylation sites is 1. The molecular formula is C8H9BrN2O. The molecule has 1 aromatic carbocycles. The number of nitrogens with one attached hydrogen (secondary N) is 1. The van der Waals surface area contributed by atoms with Gasteiger partial charge >= 0.3 is 0 Å². The van der Waals surface area contributed by atoms with Crippen LogP contribution in [-0.4, -0.2) is 18.5 Å². The summed E-state index contributed by atoms with van der Waals surface area (Å²) in [6.07, 6.45) is -0.612. The molecule has 1 aliphatic heterocycles. The molecule has 0 amide bonds. The summed E-state index contributed by atoms with van der Waals surface area (Å²) in [6.45, 7) is 0. The van der Waals surface area contributed by atoms with Gasteiger partial charge in [-0.2, -0.15) is 0 Å². The Morgan fingerprint density at radius 3 is 3.00 bits per heavy atom. The number of aliphatic hydroxyl groups excluding tert-OH is 1. The van der Waals surface area contributed by atoms with E-state index in [9.17, 15) is 5.11 Å². The summed E-state index contributed by atoms with van der Waals surface area (Å²) in [4.78, 5) is 1.78. The largest absolute Gasteiger partial charge is 0.356 e. The highest BCUT2D eigenvalue weighted by Crippen LogP contribution is 2.38. The summed E-state index contributed by atoms with van der Waals surface area (Å²) in [6, 6.07) is 5.82. The van der Waals surface area contributed by atoms with Crippen molar-refractivity contribution in [2.75, 3.05) is 17.3 Å². The van der Waals surface area contributed by atoms with Crippen molar-refractivity contribution in [3.05, 3.63) is 22.7 Å². The Morgan fingerprint density at radius 2 is 2.33 bits per heavy atom. The second-order valence-corrected chi connectivity index (χ2v) is 3.62. The monoisotopic (exact) mass is 228 g/mol. The number of rotatable bonds is 0. The van der Waals surface area contributed by atoms with Crippen molar-refractivity contribution < 1.29 is 5.11 Å². The molecule has 0 aromatic heterocycles. The van der Waals surface area contributed by atoms with Crippen molar-refractivity contribution >= 4 is 27.3 Å². The van der Waals surface area contributed by atoms with Gasteiger partial charge in [-0.3, -0.25) is 0 Å². The number of benzene rings is 1. The van der Waals surface area contributed by atoms with Crippen LogP contribution in [-0.2, 0) is 0 Å². The lowest BCUT2D eigenvalue weighted by molar-refractivity contribution is 0.210. The zero-order valence-corrected chi connectivity index (χ0v) is 8.17. The third kappa shape index (κ3) is 0.990. The van der Waals surface area contributed by atoms with Crippen LogP contribution in [0.5, 0.6) is 0 Å². The lowest BCUT2D eigenvalue weighted by Crippen LogP contribution is -2.31. The molecule has 2 rings (SSSR count). The van der Waals surface area contributed by atoms with Gasteiger partial charge < -0.3 is 15.3 Å². The van der Waals surface area contributed by atoms with Crippen molar-refractivity contribution in [3.63, 3.8) is 0 Å². The van der Waals surface area contributed by atoms with Gasteiger partial charge in [-0.05, 0) is 28.1 Å². The van der Waals surface area contributed by atoms with Crippen LogP contribution in [0.1, 0.15) is 0 Å². The molecule has 12 heavy (non-hydrogen) atoms. The first-order valence-electron chi connectivity index (χ1n) is 3.66. The highest BCUT2D eigenvalue weighted by atomic mass is 79.9. The SMILES string of the molecule is CN1c2c(Br)cccc2NC1O. The fraction of sp³-hybridized carbons (Fsp3) is 0.250. The van der Waals surface area contributed by atoms with Crippen LogP contribution in [0, 0.1) is 0 Å². The van der Waals surface area contributed by atoms with E-state index in [0.717, 1.165) is 15.8 Å². The summed E-state index contributed by atoms with van der Waals surface area (Å²) in [5.74, 6) is 0. The average Bonchev–Trinajstić information content (AvgIpc) is 2.29. The minimum atomic E-state index is -0.612. The molecule has 1 atom stereocenters. The predicted molar refractivity (Wildman–Crippen MR) is 52.2 cm³/mol. The van der Waals surface area contributed by atoms with E-state index in [2.05, 4.69) is 21.2 Å². The fourth-order valence-corrected chi connectivity index (χ4v) is 1.99. The van der Waals surface area contributed by atoms with Crippen LogP contribution >= 0.6 is 15.9 Å². The Labute approximate surface area is 79.1 Å². The molecule has 1 unspecified atom stereocenters. The van der Waals surface area contributed by atoms with Crippen molar-refractivity contribution in [2.24, 2.45) is 0 Å². The maximum absolute atomic E-state index is 9.44. The molecule has 1 heterocycles. The molecule has 0 radical (unpaired) electrons. The minimum Gasteiger partial charge on any atom is -0.356 e. The minimum absolute atomic E-state index is 0.612. The lowest BCUT2D eigenvalue weighted by Gasteiger charge is -2.16. The Morgan fingerprint density at radius 1 is 1.58 bits per heavy atom. The average molecular weight is 229 g/mol. The standard InChI is InChI=1S/C8H9BrN2O/c1-11-7-5(9)3-2-4-6(7)10-8(11)12/h2-4,8,10,12H,1H3. The lowest BCUT2D eigenvalue weighted by atomic mass is 10.3. The highest BCUT2D eigenvalue weighted by molar-refractivity contribution is 9.10. The first-order valence-corrected chi connectivity index (χ1v) is 4.45. The first-order chi connectivity index (χ1) is 5.70. The van der Waals surface area contributed by atoms with Crippen LogP contribution < -0.4 is 10.2 Å². The molecule has 0 fully saturated rings. The van der Waals surface area contributed by atoms with Crippen molar-refractivity contribution in [2.45, 2.75) is 6.35 Å². The summed E-state index contributed by atoms with van der Waals surface area (Å²) >= 11 is 3.42. The van der Waals surface area contributed by atoms with Gasteiger partial charge in [0.05, 0.1) is 11.4 Å². The van der Waals surface area contributed by atoms with E-state index >= 15 is 0 Å². The molecule has 0 saturated carbocycles. The van der Waals surface area contributed by atoms with Gasteiger partial charge in [0.1, 0.15) is 0 Å². The fourth-order valence-electron chi connectivity index (χ4n) is 1.35. The zero-order chi connectivity index (χ0) is 8.72. The van der Waals surface area contributed by atoms with Gasteiger partial charge in [-0.1, -0.05) is 6.07 Å². The highest BCUT2D eigenvalue weighted by Gasteiger charge is 2.24. The normalized spacial score (nSPS) is 20.6. The van der Waals surface area contributed by atoms with Crippen molar-refractivity contribution in [1.29, 1.82) is 0 Å². The molecule has 1 aliphatic rings. The smallest absolute Gasteiger partial charge is 0.205 e. The third-order valence-electron chi connectivity index (χ3n) is 1.99. The number of fused-ring (bicyclic) bond motifs is 1. The maximum atomic E-state index is 9.44. The van der Waals surface area contributed by atoms with E-state index in [1.165, 1.54) is 0 Å². The molecule has 4 heteroatoms. The molecule has 2 N–H and O–H groups in total. The molecule has 0 saturated heterocycles. The van der Waals surface area contributed by atoms with Gasteiger partial charge in [0.2, 0.25) is 6.35 Å². The van der Waals surface area contributed by atoms with E-state index in [4.69, 9.17) is 0 Å². The zero-order valence-electron chi connectivity index (χ0n) is 6.58. The van der Waals surface area contributed by atoms with Gasteiger partial charge in [0.15, 0.2) is 0 Å². The molecule has 1 aromatic rings. The number of anilines is 2. The summed E-state index contributed by atoms with van der Waals surface area (Å²) in [7, 11) is 1.84. The second kappa shape index (κ2) is 2.64. The molecule has 0 spiro atoms. The van der Waals surface area contributed by atoms with Gasteiger partial charge in [-0.25, -0.2) is 0 Å². The Kier molecular flexibility index (Phi) is 1.73. The number of hydrogen-bond donors (Lipinski definition) is 2. The number of aliphatic hydroxyl groups is 1. The van der Waals surface area contributed by atoms with Gasteiger partial charge in [-0.15, -0.1) is 0 Å². The second-order valence-electron chi connectivity index (χ2n) is 2.76. The molecular weight excluding hydrogens is 220 g/mol. The topological polar surface area (TPSA) is 35.5 Å². The Bertz CT molecular complexity index is 316. The summed E-state index contributed by atoms with van der Waals surface area (Å²) in [5, 5.41) is 12.4. The van der Waals surface area contributed by atoms with Crippen molar-refractivity contribution in [3.8, 4) is 0 Å². The maximum Gasteiger partial charge on any atom is 0.205 e. The van der Waals surface area contributed by atoms with Crippen LogP contribution in [0.25, 0.3) is 0 Å². The Hall–Kier alpha value is -0.740. The predicted octanol–water partition coefficient (Wildman–Crippen LogP) is 1.59. The molecule has 64 valence electrons. The van der Waals surface area contributed by atoms with E-state index < -0.39 is 6.35 Å². The number of hydrogen-bond acceptors (Lipinski definition) is 3. The van der Waals surface area contributed by atoms with E-state index in [0.29, 0.717) is 0 Å². The van der Waals surface area contributed by atoms with Crippen LogP contribution in [0.15, 0.2) is 22.7 Å². The summed E-state index contributed by atoms with van der Waals surface area (Å²) < 4.78 is 0.992. The summed E-state index contributed by atoms with van der Waals surface area (Å²) in [5.41, 5.74) is 1.96. The van der Waals surface area contributed by atoms with Crippen LogP contribution in [0.2, 0.25) is 0 Å². The quantitative estimate of drug-likeness (QED) is 0.709. The van der Waals surface area contributed by atoms with Gasteiger partial charge in [0, 0.05) is 11.5 Å². The third-order valence-corrected chi connectivity index (χ3v) is 2.63. The van der Waals surface area contributed by atoms with Crippen LogP contribution in [0.3, 0.4) is 0 Å². The molecule has 0 aliphatic carbocycles. The van der Waals surface area contributed by atoms with E-state index in [-0.39, 0.29) is 0 Å².